The summed E-state index contributed by atoms with van der Waals surface area (Å²) in [5.74, 6) is 1.39. The van der Waals surface area contributed by atoms with E-state index in [1.807, 2.05) is 13.8 Å². The van der Waals surface area contributed by atoms with E-state index in [1.165, 1.54) is 6.42 Å². The molecule has 0 aromatic carbocycles. The van der Waals surface area contributed by atoms with Gasteiger partial charge >= 0.3 is 5.97 Å². The van der Waals surface area contributed by atoms with Crippen molar-refractivity contribution in [3.63, 3.8) is 0 Å². The fraction of sp³-hybridized carbons (Fsp3) is 0.938. The third-order valence-electron chi connectivity index (χ3n) is 4.33. The molecule has 0 aromatic rings. The maximum Gasteiger partial charge on any atom is 0.323 e. The Morgan fingerprint density at radius 1 is 1.25 bits per heavy atom. The number of hydrogen-bond donors (Lipinski definition) is 1. The van der Waals surface area contributed by atoms with E-state index in [-0.39, 0.29) is 12.0 Å². The van der Waals surface area contributed by atoms with Crippen molar-refractivity contribution in [2.45, 2.75) is 65.5 Å². The fourth-order valence-corrected chi connectivity index (χ4v) is 2.79. The van der Waals surface area contributed by atoms with E-state index in [0.29, 0.717) is 25.7 Å². The van der Waals surface area contributed by atoms with Gasteiger partial charge in [0.1, 0.15) is 6.04 Å². The second kappa shape index (κ2) is 9.35. The van der Waals surface area contributed by atoms with Gasteiger partial charge in [-0.3, -0.25) is 4.79 Å². The van der Waals surface area contributed by atoms with E-state index in [1.54, 1.807) is 0 Å². The van der Waals surface area contributed by atoms with Crippen LogP contribution < -0.4 is 5.32 Å². The Hall–Kier alpha value is -0.610. The highest BCUT2D eigenvalue weighted by Crippen LogP contribution is 2.30. The summed E-state index contributed by atoms with van der Waals surface area (Å²) >= 11 is 0. The molecule has 1 saturated carbocycles. The van der Waals surface area contributed by atoms with Crippen molar-refractivity contribution in [2.75, 3.05) is 19.8 Å². The largest absolute Gasteiger partial charge is 0.465 e. The van der Waals surface area contributed by atoms with E-state index in [2.05, 4.69) is 19.2 Å². The average Bonchev–Trinajstić information content (AvgIpc) is 2.42. The lowest BCUT2D eigenvalue weighted by atomic mass is 9.80. The molecule has 1 fully saturated rings. The van der Waals surface area contributed by atoms with Crippen molar-refractivity contribution >= 4 is 5.97 Å². The van der Waals surface area contributed by atoms with Crippen LogP contribution in [-0.4, -0.2) is 37.9 Å². The molecule has 4 unspecified atom stereocenters. The van der Waals surface area contributed by atoms with Gasteiger partial charge in [0.2, 0.25) is 0 Å². The molecule has 4 nitrogen and oxygen atoms in total. The van der Waals surface area contributed by atoms with E-state index in [4.69, 9.17) is 9.47 Å². The van der Waals surface area contributed by atoms with Crippen molar-refractivity contribution in [3.8, 4) is 0 Å². The van der Waals surface area contributed by atoms with Gasteiger partial charge in [-0.05, 0) is 51.0 Å². The van der Waals surface area contributed by atoms with Crippen molar-refractivity contribution < 1.29 is 14.3 Å². The Kier molecular flexibility index (Phi) is 8.15. The summed E-state index contributed by atoms with van der Waals surface area (Å²) in [6.45, 7) is 10.3. The van der Waals surface area contributed by atoms with E-state index in [0.717, 1.165) is 31.2 Å². The molecule has 0 aliphatic heterocycles. The van der Waals surface area contributed by atoms with Crippen molar-refractivity contribution in [3.05, 3.63) is 0 Å². The summed E-state index contributed by atoms with van der Waals surface area (Å²) < 4.78 is 11.0. The van der Waals surface area contributed by atoms with Gasteiger partial charge in [-0.25, -0.2) is 0 Å². The van der Waals surface area contributed by atoms with Crippen LogP contribution in [0.25, 0.3) is 0 Å². The molecular formula is C16H31NO3. The third-order valence-corrected chi connectivity index (χ3v) is 4.33. The van der Waals surface area contributed by atoms with Gasteiger partial charge in [0, 0.05) is 6.61 Å². The maximum atomic E-state index is 11.8. The first-order valence-electron chi connectivity index (χ1n) is 8.10. The Balaban J connectivity index is 2.28. The number of likely N-dealkylation sites (N-methyl/N-ethyl adjacent to an activating group) is 1. The highest BCUT2D eigenvalue weighted by molar-refractivity contribution is 5.75. The number of esters is 1. The number of ether oxygens (including phenoxy) is 2. The number of carbonyl (C=O) groups is 1. The lowest BCUT2D eigenvalue weighted by molar-refractivity contribution is -0.146. The molecule has 1 N–H and O–H groups in total. The van der Waals surface area contributed by atoms with Gasteiger partial charge in [-0.1, -0.05) is 20.8 Å². The van der Waals surface area contributed by atoms with Crippen LogP contribution in [-0.2, 0) is 14.3 Å². The zero-order chi connectivity index (χ0) is 15.0. The summed E-state index contributed by atoms with van der Waals surface area (Å²) in [5.41, 5.74) is 0. The first-order chi connectivity index (χ1) is 9.58. The zero-order valence-electron chi connectivity index (χ0n) is 13.5. The first kappa shape index (κ1) is 17.4. The summed E-state index contributed by atoms with van der Waals surface area (Å²) in [4.78, 5) is 11.8. The van der Waals surface area contributed by atoms with Crippen LogP contribution >= 0.6 is 0 Å². The summed E-state index contributed by atoms with van der Waals surface area (Å²) in [6, 6.07) is -0.236. The monoisotopic (exact) mass is 285 g/mol. The Morgan fingerprint density at radius 2 is 2.00 bits per heavy atom. The van der Waals surface area contributed by atoms with E-state index in [9.17, 15) is 4.79 Å². The summed E-state index contributed by atoms with van der Waals surface area (Å²) in [5, 5.41) is 3.17. The second-order valence-electron chi connectivity index (χ2n) is 5.91. The van der Waals surface area contributed by atoms with Gasteiger partial charge in [0.05, 0.1) is 12.7 Å². The molecule has 0 heterocycles. The number of hydrogen-bond acceptors (Lipinski definition) is 4. The van der Waals surface area contributed by atoms with Crippen molar-refractivity contribution in [1.82, 2.24) is 5.32 Å². The highest BCUT2D eigenvalue weighted by Gasteiger charge is 2.25. The topological polar surface area (TPSA) is 47.6 Å². The van der Waals surface area contributed by atoms with Crippen LogP contribution in [0.4, 0.5) is 0 Å². The standard InChI is InChI=1S/C16H31NO3/c1-5-17-15(16(18)19-6-2)9-10-20-14-8-7-12(3)13(4)11-14/h12-15,17H,5-11H2,1-4H3. The van der Waals surface area contributed by atoms with Crippen LogP contribution in [0.5, 0.6) is 0 Å². The van der Waals surface area contributed by atoms with Crippen LogP contribution in [0.1, 0.15) is 53.4 Å². The molecule has 1 rings (SSSR count). The average molecular weight is 285 g/mol. The predicted molar refractivity (Wildman–Crippen MR) is 80.6 cm³/mol. The first-order valence-corrected chi connectivity index (χ1v) is 8.10. The molecule has 0 saturated heterocycles. The smallest absolute Gasteiger partial charge is 0.323 e. The minimum atomic E-state index is -0.236. The SMILES string of the molecule is CCNC(CCOC1CCC(C)C(C)C1)C(=O)OCC. The van der Waals surface area contributed by atoms with Gasteiger partial charge in [0.25, 0.3) is 0 Å². The molecule has 4 atom stereocenters. The van der Waals surface area contributed by atoms with E-state index >= 15 is 0 Å². The molecule has 20 heavy (non-hydrogen) atoms. The molecule has 1 aliphatic rings. The van der Waals surface area contributed by atoms with Gasteiger partial charge in [-0.2, -0.15) is 0 Å². The summed E-state index contributed by atoms with van der Waals surface area (Å²) in [6.07, 6.45) is 4.60. The Bertz CT molecular complexity index is 283. The normalized spacial score (nSPS) is 28.1. The summed E-state index contributed by atoms with van der Waals surface area (Å²) in [7, 11) is 0. The lowest BCUT2D eigenvalue weighted by Gasteiger charge is -2.32. The predicted octanol–water partition coefficient (Wildman–Crippen LogP) is 2.76. The molecule has 118 valence electrons. The van der Waals surface area contributed by atoms with Crippen LogP contribution in [0.15, 0.2) is 0 Å². The molecule has 4 heteroatoms. The second-order valence-corrected chi connectivity index (χ2v) is 5.91. The van der Waals surface area contributed by atoms with Crippen molar-refractivity contribution in [1.29, 1.82) is 0 Å². The molecule has 0 bridgehead atoms. The number of rotatable bonds is 8. The lowest BCUT2D eigenvalue weighted by Crippen LogP contribution is -2.39. The Morgan fingerprint density at radius 3 is 2.60 bits per heavy atom. The van der Waals surface area contributed by atoms with Gasteiger partial charge < -0.3 is 14.8 Å². The van der Waals surface area contributed by atoms with E-state index < -0.39 is 0 Å². The van der Waals surface area contributed by atoms with Gasteiger partial charge in [0.15, 0.2) is 0 Å². The molecule has 0 amide bonds. The zero-order valence-corrected chi connectivity index (χ0v) is 13.5. The minimum absolute atomic E-state index is 0.163. The molecule has 1 aliphatic carbocycles. The van der Waals surface area contributed by atoms with Crippen LogP contribution in [0.2, 0.25) is 0 Å². The molecule has 0 aromatic heterocycles. The maximum absolute atomic E-state index is 11.8. The molecular weight excluding hydrogens is 254 g/mol. The fourth-order valence-electron chi connectivity index (χ4n) is 2.79. The third kappa shape index (κ3) is 5.80. The number of carbonyl (C=O) groups excluding carboxylic acids is 1. The number of nitrogens with one attached hydrogen (secondary N) is 1. The Labute approximate surface area is 123 Å². The molecule has 0 spiro atoms. The molecule has 0 radical (unpaired) electrons. The van der Waals surface area contributed by atoms with Crippen molar-refractivity contribution in [2.24, 2.45) is 11.8 Å². The quantitative estimate of drug-likeness (QED) is 0.697. The van der Waals surface area contributed by atoms with Crippen LogP contribution in [0.3, 0.4) is 0 Å². The van der Waals surface area contributed by atoms with Crippen LogP contribution in [0, 0.1) is 11.8 Å². The minimum Gasteiger partial charge on any atom is -0.465 e. The highest BCUT2D eigenvalue weighted by atomic mass is 16.5. The van der Waals surface area contributed by atoms with Gasteiger partial charge in [-0.15, -0.1) is 0 Å².